The molecule has 2 aromatic rings. The van der Waals surface area contributed by atoms with Crippen LogP contribution in [-0.4, -0.2) is 33.9 Å². The molecule has 0 saturated carbocycles. The van der Waals surface area contributed by atoms with Crippen molar-refractivity contribution in [3.05, 3.63) is 53.6 Å². The van der Waals surface area contributed by atoms with Gasteiger partial charge in [0, 0.05) is 25.1 Å². The zero-order valence-electron chi connectivity index (χ0n) is 14.5. The average Bonchev–Trinajstić information content (AvgIpc) is 3.07. The van der Waals surface area contributed by atoms with Gasteiger partial charge in [-0.1, -0.05) is 25.4 Å². The number of nitrogens with zero attached hydrogens (tertiary/aromatic N) is 4. The minimum Gasteiger partial charge on any atom is -0.387 e. The van der Waals surface area contributed by atoms with Gasteiger partial charge < -0.3 is 14.6 Å². The van der Waals surface area contributed by atoms with E-state index in [1.807, 2.05) is 29.9 Å². The molecule has 1 aliphatic rings. The highest BCUT2D eigenvalue weighted by Crippen LogP contribution is 2.40. The van der Waals surface area contributed by atoms with E-state index in [4.69, 9.17) is 16.9 Å². The number of benzene rings is 1. The number of aromatic nitrogens is 2. The Hall–Kier alpha value is -2.29. The van der Waals surface area contributed by atoms with Gasteiger partial charge in [-0.2, -0.15) is 5.26 Å². The molecule has 0 aliphatic heterocycles. The smallest absolute Gasteiger partial charge is 0.101 e. The van der Waals surface area contributed by atoms with Crippen molar-refractivity contribution in [3.8, 4) is 6.07 Å². The van der Waals surface area contributed by atoms with Crippen LogP contribution in [-0.2, 0) is 0 Å². The lowest BCUT2D eigenvalue weighted by atomic mass is 9.73. The molecule has 0 saturated heterocycles. The lowest BCUT2D eigenvalue weighted by Gasteiger charge is -2.45. The van der Waals surface area contributed by atoms with Crippen LogP contribution in [0.15, 0.2) is 43.0 Å². The second-order valence-corrected chi connectivity index (χ2v) is 7.51. The Morgan fingerprint density at radius 3 is 2.80 bits per heavy atom. The maximum absolute atomic E-state index is 10.6. The molecule has 1 N–H and O–H groups in total. The lowest BCUT2D eigenvalue weighted by molar-refractivity contribution is 0.134. The monoisotopic (exact) mass is 356 g/mol. The highest BCUT2D eigenvalue weighted by atomic mass is 35.5. The maximum atomic E-state index is 10.6. The van der Waals surface area contributed by atoms with Crippen LogP contribution >= 0.6 is 11.6 Å². The molecule has 1 aliphatic carbocycles. The van der Waals surface area contributed by atoms with E-state index in [1.165, 1.54) is 0 Å². The normalized spacial score (nSPS) is 22.2. The first-order valence-corrected chi connectivity index (χ1v) is 8.52. The lowest BCUT2D eigenvalue weighted by Crippen LogP contribution is -2.47. The standard InChI is InChI=1S/C19H21ClN4O/c1-19(2)10-17(25)16(24-7-6-22-12-24)9-18(19)23(3)14-5-4-13(11-21)15(20)8-14/h4-9,12,17-18,25H,10H2,1-3H3. The Balaban J connectivity index is 2.00. The molecule has 5 nitrogen and oxygen atoms in total. The Morgan fingerprint density at radius 1 is 1.44 bits per heavy atom. The summed E-state index contributed by atoms with van der Waals surface area (Å²) in [7, 11) is 2.00. The van der Waals surface area contributed by atoms with Crippen molar-refractivity contribution < 1.29 is 5.11 Å². The van der Waals surface area contributed by atoms with Gasteiger partial charge >= 0.3 is 0 Å². The third-order valence-corrected chi connectivity index (χ3v) is 5.20. The highest BCUT2D eigenvalue weighted by molar-refractivity contribution is 6.32. The number of rotatable bonds is 3. The van der Waals surface area contributed by atoms with Gasteiger partial charge in [0.05, 0.1) is 34.8 Å². The third kappa shape index (κ3) is 3.28. The van der Waals surface area contributed by atoms with Crippen LogP contribution in [0.3, 0.4) is 0 Å². The molecule has 1 aromatic heterocycles. The summed E-state index contributed by atoms with van der Waals surface area (Å²) in [5.41, 5.74) is 2.08. The summed E-state index contributed by atoms with van der Waals surface area (Å²) < 4.78 is 1.85. The van der Waals surface area contributed by atoms with Crippen LogP contribution in [0.1, 0.15) is 25.8 Å². The largest absolute Gasteiger partial charge is 0.387 e. The summed E-state index contributed by atoms with van der Waals surface area (Å²) in [4.78, 5) is 6.21. The van der Waals surface area contributed by atoms with Gasteiger partial charge in [0.1, 0.15) is 6.07 Å². The quantitative estimate of drug-likeness (QED) is 0.913. The number of anilines is 1. The molecule has 3 rings (SSSR count). The van der Waals surface area contributed by atoms with E-state index in [0.717, 1.165) is 11.4 Å². The molecule has 130 valence electrons. The Bertz CT molecular complexity index is 836. The number of nitriles is 1. The average molecular weight is 357 g/mol. The Labute approximate surface area is 152 Å². The second kappa shape index (κ2) is 6.55. The summed E-state index contributed by atoms with van der Waals surface area (Å²) in [6, 6.07) is 7.58. The first-order chi connectivity index (χ1) is 11.8. The summed E-state index contributed by atoms with van der Waals surface area (Å²) in [6.45, 7) is 4.29. The molecular formula is C19H21ClN4O. The van der Waals surface area contributed by atoms with Crippen molar-refractivity contribution in [3.63, 3.8) is 0 Å². The van der Waals surface area contributed by atoms with Crippen molar-refractivity contribution in [2.75, 3.05) is 11.9 Å². The summed E-state index contributed by atoms with van der Waals surface area (Å²) in [5, 5.41) is 20.1. The highest BCUT2D eigenvalue weighted by Gasteiger charge is 2.39. The fourth-order valence-corrected chi connectivity index (χ4v) is 3.72. The minimum atomic E-state index is -0.543. The van der Waals surface area contributed by atoms with E-state index in [1.54, 1.807) is 18.6 Å². The van der Waals surface area contributed by atoms with Crippen molar-refractivity contribution in [2.24, 2.45) is 5.41 Å². The number of hydrogen-bond donors (Lipinski definition) is 1. The van der Waals surface area contributed by atoms with Gasteiger partial charge in [-0.3, -0.25) is 0 Å². The van der Waals surface area contributed by atoms with Crippen LogP contribution in [0.4, 0.5) is 5.69 Å². The molecule has 0 spiro atoms. The molecule has 0 bridgehead atoms. The van der Waals surface area contributed by atoms with E-state index in [2.05, 4.69) is 35.9 Å². The molecule has 6 heteroatoms. The molecule has 0 amide bonds. The number of imidazole rings is 1. The van der Waals surface area contributed by atoms with Gasteiger partial charge in [0.2, 0.25) is 0 Å². The third-order valence-electron chi connectivity index (χ3n) is 4.89. The minimum absolute atomic E-state index is 0.0531. The zero-order valence-corrected chi connectivity index (χ0v) is 15.3. The predicted octanol–water partition coefficient (Wildman–Crippen LogP) is 3.54. The Morgan fingerprint density at radius 2 is 2.20 bits per heavy atom. The van der Waals surface area contributed by atoms with Gasteiger partial charge in [0.25, 0.3) is 0 Å². The van der Waals surface area contributed by atoms with Crippen LogP contribution in [0.25, 0.3) is 5.70 Å². The van der Waals surface area contributed by atoms with Crippen molar-refractivity contribution in [1.82, 2.24) is 9.55 Å². The fourth-order valence-electron chi connectivity index (χ4n) is 3.50. The molecule has 2 unspecified atom stereocenters. The molecule has 1 aromatic carbocycles. The van der Waals surface area contributed by atoms with Gasteiger partial charge in [-0.05, 0) is 36.1 Å². The molecule has 0 fully saturated rings. The Kier molecular flexibility index (Phi) is 4.59. The SMILES string of the molecule is CN(c1ccc(C#N)c(Cl)c1)C1C=C(n2ccnc2)C(O)CC1(C)C. The van der Waals surface area contributed by atoms with E-state index in [0.29, 0.717) is 17.0 Å². The number of aliphatic hydroxyl groups is 1. The molecule has 0 radical (unpaired) electrons. The maximum Gasteiger partial charge on any atom is 0.101 e. The van der Waals surface area contributed by atoms with E-state index < -0.39 is 6.10 Å². The first-order valence-electron chi connectivity index (χ1n) is 8.14. The van der Waals surface area contributed by atoms with E-state index in [-0.39, 0.29) is 11.5 Å². The predicted molar refractivity (Wildman–Crippen MR) is 99.3 cm³/mol. The van der Waals surface area contributed by atoms with Gasteiger partial charge in [0.15, 0.2) is 0 Å². The number of hydrogen-bond acceptors (Lipinski definition) is 4. The molecule has 2 atom stereocenters. The number of halogens is 1. The first kappa shape index (κ1) is 17.5. The van der Waals surface area contributed by atoms with Gasteiger partial charge in [-0.25, -0.2) is 4.98 Å². The summed E-state index contributed by atoms with van der Waals surface area (Å²) in [6.07, 6.45) is 7.41. The zero-order chi connectivity index (χ0) is 18.2. The van der Waals surface area contributed by atoms with E-state index in [9.17, 15) is 5.11 Å². The van der Waals surface area contributed by atoms with Crippen molar-refractivity contribution in [1.29, 1.82) is 5.26 Å². The summed E-state index contributed by atoms with van der Waals surface area (Å²) >= 11 is 6.20. The topological polar surface area (TPSA) is 65.1 Å². The van der Waals surface area contributed by atoms with Crippen LogP contribution < -0.4 is 4.90 Å². The fraction of sp³-hybridized carbons (Fsp3) is 0.368. The van der Waals surface area contributed by atoms with Gasteiger partial charge in [-0.15, -0.1) is 0 Å². The van der Waals surface area contributed by atoms with E-state index >= 15 is 0 Å². The van der Waals surface area contributed by atoms with Crippen LogP contribution in [0.2, 0.25) is 5.02 Å². The van der Waals surface area contributed by atoms with Crippen molar-refractivity contribution in [2.45, 2.75) is 32.4 Å². The second-order valence-electron chi connectivity index (χ2n) is 7.10. The van der Waals surface area contributed by atoms with Crippen molar-refractivity contribution >= 4 is 23.0 Å². The molecular weight excluding hydrogens is 336 g/mol. The van der Waals surface area contributed by atoms with Crippen LogP contribution in [0.5, 0.6) is 0 Å². The number of aliphatic hydroxyl groups excluding tert-OH is 1. The number of likely N-dealkylation sites (N-methyl/N-ethyl adjacent to an activating group) is 1. The molecule has 25 heavy (non-hydrogen) atoms. The summed E-state index contributed by atoms with van der Waals surface area (Å²) in [5.74, 6) is 0. The van der Waals surface area contributed by atoms with Crippen LogP contribution in [0, 0.1) is 16.7 Å². The molecule has 1 heterocycles.